The molecule has 4 rings (SSSR count). The Balaban J connectivity index is 1.72. The molecule has 2 atom stereocenters. The van der Waals surface area contributed by atoms with Crippen molar-refractivity contribution in [3.8, 4) is 0 Å². The first kappa shape index (κ1) is 19.6. The Labute approximate surface area is 176 Å². The van der Waals surface area contributed by atoms with Crippen molar-refractivity contribution in [2.75, 3.05) is 0 Å². The summed E-state index contributed by atoms with van der Waals surface area (Å²) in [7, 11) is 0. The van der Waals surface area contributed by atoms with Crippen LogP contribution < -0.4 is 5.32 Å². The van der Waals surface area contributed by atoms with E-state index in [0.717, 1.165) is 5.56 Å². The third-order valence-corrected chi connectivity index (χ3v) is 6.17. The first-order chi connectivity index (χ1) is 13.8. The maximum absolute atomic E-state index is 13.1. The molecule has 0 saturated heterocycles. The van der Waals surface area contributed by atoms with Gasteiger partial charge in [-0.15, -0.1) is 0 Å². The second-order valence-corrected chi connectivity index (χ2v) is 8.07. The molecule has 1 aliphatic carbocycles. The molecule has 2 aromatic carbocycles. The number of hydrogen-bond acceptors (Lipinski definition) is 4. The highest BCUT2D eigenvalue weighted by atomic mass is 35.5. The van der Waals surface area contributed by atoms with E-state index in [9.17, 15) is 19.7 Å². The SMILES string of the molecule is O=C1CC(c2cccc([N+](=O)[O-])c2)C2=C(CC(c3ccc(Cl)c(Cl)c3)CC2=O)N1. The van der Waals surface area contributed by atoms with E-state index in [1.54, 1.807) is 24.3 Å². The lowest BCUT2D eigenvalue weighted by Crippen LogP contribution is -2.38. The number of nitrogens with one attached hydrogen (secondary N) is 1. The lowest BCUT2D eigenvalue weighted by Gasteiger charge is -2.34. The molecule has 6 nitrogen and oxygen atoms in total. The van der Waals surface area contributed by atoms with E-state index < -0.39 is 10.8 Å². The van der Waals surface area contributed by atoms with Gasteiger partial charge < -0.3 is 5.32 Å². The van der Waals surface area contributed by atoms with Gasteiger partial charge in [-0.25, -0.2) is 0 Å². The van der Waals surface area contributed by atoms with Crippen LogP contribution in [0.25, 0.3) is 0 Å². The summed E-state index contributed by atoms with van der Waals surface area (Å²) in [6.45, 7) is 0. The highest BCUT2D eigenvalue weighted by molar-refractivity contribution is 6.42. The van der Waals surface area contributed by atoms with E-state index >= 15 is 0 Å². The van der Waals surface area contributed by atoms with E-state index in [1.165, 1.54) is 12.1 Å². The van der Waals surface area contributed by atoms with Crippen molar-refractivity contribution in [1.29, 1.82) is 0 Å². The number of halogens is 2. The molecular weight excluding hydrogens is 415 g/mol. The van der Waals surface area contributed by atoms with E-state index in [1.807, 2.05) is 6.07 Å². The summed E-state index contributed by atoms with van der Waals surface area (Å²) in [6.07, 6.45) is 0.845. The topological polar surface area (TPSA) is 89.3 Å². The second kappa shape index (κ2) is 7.61. The Hall–Kier alpha value is -2.70. The maximum atomic E-state index is 13.1. The zero-order chi connectivity index (χ0) is 20.7. The van der Waals surface area contributed by atoms with Gasteiger partial charge in [-0.1, -0.05) is 41.4 Å². The van der Waals surface area contributed by atoms with Crippen LogP contribution in [0, 0.1) is 10.1 Å². The van der Waals surface area contributed by atoms with Gasteiger partial charge >= 0.3 is 0 Å². The highest BCUT2D eigenvalue weighted by Crippen LogP contribution is 2.43. The summed E-state index contributed by atoms with van der Waals surface area (Å²) < 4.78 is 0. The zero-order valence-corrected chi connectivity index (χ0v) is 16.7. The summed E-state index contributed by atoms with van der Waals surface area (Å²) in [5, 5.41) is 14.8. The van der Waals surface area contributed by atoms with Crippen molar-refractivity contribution >= 4 is 40.6 Å². The first-order valence-corrected chi connectivity index (χ1v) is 9.84. The molecule has 0 aromatic heterocycles. The van der Waals surface area contributed by atoms with Crippen molar-refractivity contribution in [2.24, 2.45) is 0 Å². The number of non-ortho nitro benzene ring substituents is 1. The molecule has 1 heterocycles. The molecule has 1 aliphatic heterocycles. The van der Waals surface area contributed by atoms with Crippen LogP contribution in [0.3, 0.4) is 0 Å². The van der Waals surface area contributed by atoms with Gasteiger partial charge in [0.2, 0.25) is 5.91 Å². The smallest absolute Gasteiger partial charge is 0.269 e. The first-order valence-electron chi connectivity index (χ1n) is 9.09. The van der Waals surface area contributed by atoms with Crippen LogP contribution in [0.15, 0.2) is 53.7 Å². The van der Waals surface area contributed by atoms with Crippen molar-refractivity contribution < 1.29 is 14.5 Å². The molecular formula is C21H16Cl2N2O4. The highest BCUT2D eigenvalue weighted by Gasteiger charge is 2.38. The monoisotopic (exact) mass is 430 g/mol. The van der Waals surface area contributed by atoms with Gasteiger partial charge in [0.25, 0.3) is 5.69 Å². The van der Waals surface area contributed by atoms with Gasteiger partial charge in [0, 0.05) is 42.2 Å². The number of carbonyl (C=O) groups excluding carboxylic acids is 2. The molecule has 148 valence electrons. The Morgan fingerprint density at radius 2 is 1.76 bits per heavy atom. The third kappa shape index (κ3) is 3.78. The number of hydrogen-bond donors (Lipinski definition) is 1. The number of amides is 1. The molecule has 1 N–H and O–H groups in total. The minimum atomic E-state index is -0.485. The van der Waals surface area contributed by atoms with E-state index in [-0.39, 0.29) is 36.1 Å². The average Bonchev–Trinajstić information content (AvgIpc) is 2.69. The molecule has 0 saturated carbocycles. The van der Waals surface area contributed by atoms with Crippen molar-refractivity contribution in [3.05, 3.63) is 85.0 Å². The summed E-state index contributed by atoms with van der Waals surface area (Å²) in [4.78, 5) is 36.1. The lowest BCUT2D eigenvalue weighted by molar-refractivity contribution is -0.384. The van der Waals surface area contributed by atoms with Crippen LogP contribution in [-0.2, 0) is 9.59 Å². The Morgan fingerprint density at radius 1 is 0.966 bits per heavy atom. The number of benzene rings is 2. The van der Waals surface area contributed by atoms with Gasteiger partial charge in [0.1, 0.15) is 0 Å². The molecule has 0 bridgehead atoms. The Bertz CT molecular complexity index is 1080. The summed E-state index contributed by atoms with van der Waals surface area (Å²) in [5.41, 5.74) is 2.55. The number of Topliss-reactive ketones (excluding diaryl/α,β-unsaturated/α-hetero) is 1. The maximum Gasteiger partial charge on any atom is 0.269 e. The van der Waals surface area contributed by atoms with Crippen molar-refractivity contribution in [2.45, 2.75) is 31.1 Å². The van der Waals surface area contributed by atoms with Gasteiger partial charge in [-0.2, -0.15) is 0 Å². The molecule has 2 aliphatic rings. The predicted molar refractivity (Wildman–Crippen MR) is 109 cm³/mol. The molecule has 29 heavy (non-hydrogen) atoms. The number of carbonyl (C=O) groups is 2. The van der Waals surface area contributed by atoms with Gasteiger partial charge in [0.15, 0.2) is 5.78 Å². The molecule has 8 heteroatoms. The van der Waals surface area contributed by atoms with Crippen LogP contribution >= 0.6 is 23.2 Å². The predicted octanol–water partition coefficient (Wildman–Crippen LogP) is 4.91. The summed E-state index contributed by atoms with van der Waals surface area (Å²) in [5.74, 6) is -0.886. The standard InChI is InChI=1S/C21H16Cl2N2O4/c22-16-5-4-11(7-17(16)23)13-8-18-21(19(26)9-13)15(10-20(27)24-18)12-2-1-3-14(6-12)25(28)29/h1-7,13,15H,8-10H2,(H,24,27). The Morgan fingerprint density at radius 3 is 2.48 bits per heavy atom. The molecule has 0 fully saturated rings. The quantitative estimate of drug-likeness (QED) is 0.553. The number of allylic oxidation sites excluding steroid dienone is 2. The third-order valence-electron chi connectivity index (χ3n) is 5.43. The normalized spacial score (nSPS) is 21.6. The van der Waals surface area contributed by atoms with Crippen LogP contribution in [0.1, 0.15) is 42.2 Å². The number of nitro groups is 1. The van der Waals surface area contributed by atoms with E-state index in [0.29, 0.717) is 33.3 Å². The van der Waals surface area contributed by atoms with Gasteiger partial charge in [-0.05, 0) is 35.6 Å². The van der Waals surface area contributed by atoms with E-state index in [2.05, 4.69) is 5.32 Å². The fraction of sp³-hybridized carbons (Fsp3) is 0.238. The molecule has 1 amide bonds. The number of rotatable bonds is 3. The fourth-order valence-corrected chi connectivity index (χ4v) is 4.41. The van der Waals surface area contributed by atoms with Crippen molar-refractivity contribution in [3.63, 3.8) is 0 Å². The molecule has 0 spiro atoms. The molecule has 2 unspecified atom stereocenters. The van der Waals surface area contributed by atoms with Crippen molar-refractivity contribution in [1.82, 2.24) is 5.32 Å². The van der Waals surface area contributed by atoms with Crippen LogP contribution in [0.2, 0.25) is 10.0 Å². The Kier molecular flexibility index (Phi) is 5.15. The average molecular weight is 431 g/mol. The minimum Gasteiger partial charge on any atom is -0.329 e. The van der Waals surface area contributed by atoms with Crippen LogP contribution in [0.4, 0.5) is 5.69 Å². The fourth-order valence-electron chi connectivity index (χ4n) is 4.10. The minimum absolute atomic E-state index is 0.0624. The summed E-state index contributed by atoms with van der Waals surface area (Å²) in [6, 6.07) is 11.4. The largest absolute Gasteiger partial charge is 0.329 e. The number of nitrogens with zero attached hydrogens (tertiary/aromatic N) is 1. The summed E-state index contributed by atoms with van der Waals surface area (Å²) >= 11 is 12.1. The number of ketones is 1. The molecule has 2 aromatic rings. The second-order valence-electron chi connectivity index (χ2n) is 7.25. The van der Waals surface area contributed by atoms with Crippen LogP contribution in [0.5, 0.6) is 0 Å². The van der Waals surface area contributed by atoms with E-state index in [4.69, 9.17) is 23.2 Å². The number of nitro benzene ring substituents is 1. The van der Waals surface area contributed by atoms with Crippen LogP contribution in [-0.4, -0.2) is 16.6 Å². The van der Waals surface area contributed by atoms with Gasteiger partial charge in [0.05, 0.1) is 15.0 Å². The zero-order valence-electron chi connectivity index (χ0n) is 15.2. The molecule has 0 radical (unpaired) electrons. The van der Waals surface area contributed by atoms with Gasteiger partial charge in [-0.3, -0.25) is 19.7 Å². The lowest BCUT2D eigenvalue weighted by atomic mass is 9.73.